The Morgan fingerprint density at radius 2 is 1.62 bits per heavy atom. The summed E-state index contributed by atoms with van der Waals surface area (Å²) in [6, 6.07) is 16.9. The van der Waals surface area contributed by atoms with Gasteiger partial charge in [-0.1, -0.05) is 24.3 Å². The minimum atomic E-state index is -4.25. The lowest BCUT2D eigenvalue weighted by Gasteiger charge is -2.31. The topological polar surface area (TPSA) is 197 Å². The van der Waals surface area contributed by atoms with Crippen LogP contribution in [0.3, 0.4) is 0 Å². The number of fused-ring (bicyclic) bond motifs is 1. The molecule has 6 N–H and O–H groups in total. The van der Waals surface area contributed by atoms with Gasteiger partial charge in [-0.25, -0.2) is 8.42 Å². The van der Waals surface area contributed by atoms with Gasteiger partial charge >= 0.3 is 17.8 Å². The minimum absolute atomic E-state index is 0.0926. The molecule has 2 amide bonds. The molecule has 210 valence electrons. The van der Waals surface area contributed by atoms with Crippen LogP contribution in [0.1, 0.15) is 24.0 Å². The predicted molar refractivity (Wildman–Crippen MR) is 148 cm³/mol. The second-order valence-corrected chi connectivity index (χ2v) is 11.3. The number of nitrogens with zero attached hydrogens (tertiary/aromatic N) is 2. The van der Waals surface area contributed by atoms with Gasteiger partial charge in [-0.3, -0.25) is 24.1 Å². The van der Waals surface area contributed by atoms with Crippen molar-refractivity contribution in [2.45, 2.75) is 25.5 Å². The van der Waals surface area contributed by atoms with Gasteiger partial charge in [-0.15, -0.1) is 0 Å². The molecular weight excluding hydrogens is 538 g/mol. The third-order valence-electron chi connectivity index (χ3n) is 6.55. The van der Waals surface area contributed by atoms with Gasteiger partial charge in [0.1, 0.15) is 17.7 Å². The van der Waals surface area contributed by atoms with Crippen molar-refractivity contribution < 1.29 is 32.6 Å². The Hall–Kier alpha value is -4.65. The number of carboxylic acids is 1. The van der Waals surface area contributed by atoms with E-state index in [4.69, 9.17) is 21.6 Å². The normalized spacial score (nSPS) is 14.1. The summed E-state index contributed by atoms with van der Waals surface area (Å²) in [4.78, 5) is 35.6. The Morgan fingerprint density at radius 1 is 0.975 bits per heavy atom. The first-order chi connectivity index (χ1) is 18.9. The first-order valence-corrected chi connectivity index (χ1v) is 14.0. The van der Waals surface area contributed by atoms with Gasteiger partial charge in [0.2, 0.25) is 10.0 Å². The molecule has 0 spiro atoms. The van der Waals surface area contributed by atoms with Crippen molar-refractivity contribution in [1.29, 1.82) is 5.41 Å². The molecule has 3 aromatic carbocycles. The Morgan fingerprint density at radius 3 is 2.23 bits per heavy atom. The summed E-state index contributed by atoms with van der Waals surface area (Å²) in [7, 11) is -4.25. The average molecular weight is 568 g/mol. The van der Waals surface area contributed by atoms with Crippen molar-refractivity contribution in [2.75, 3.05) is 23.1 Å². The first kappa shape index (κ1) is 28.4. The van der Waals surface area contributed by atoms with Gasteiger partial charge < -0.3 is 26.2 Å². The number of ether oxygens (including phenoxy) is 1. The van der Waals surface area contributed by atoms with E-state index in [2.05, 4.69) is 0 Å². The quantitative estimate of drug-likeness (QED) is 0.169. The van der Waals surface area contributed by atoms with Gasteiger partial charge in [-0.05, 0) is 52.7 Å². The predicted octanol–water partition coefficient (Wildman–Crippen LogP) is 1.40. The van der Waals surface area contributed by atoms with Crippen LogP contribution in [0.4, 0.5) is 5.69 Å². The number of anilines is 1. The van der Waals surface area contributed by atoms with E-state index in [0.717, 1.165) is 15.1 Å². The van der Waals surface area contributed by atoms with Crippen molar-refractivity contribution in [1.82, 2.24) is 4.90 Å². The molecule has 1 heterocycles. The molecule has 0 atom stereocenters. The van der Waals surface area contributed by atoms with Crippen LogP contribution in [0.15, 0.2) is 60.7 Å². The number of piperidine rings is 1. The number of carbonyl (C=O) groups excluding carboxylic acids is 2. The zero-order valence-corrected chi connectivity index (χ0v) is 22.3. The Bertz CT molecular complexity index is 1570. The number of nitrogens with two attached hydrogens (primary N) is 2. The average Bonchev–Trinajstić information content (AvgIpc) is 2.91. The summed E-state index contributed by atoms with van der Waals surface area (Å²) in [5.74, 6) is -3.91. The van der Waals surface area contributed by atoms with Gasteiger partial charge in [-0.2, -0.15) is 0 Å². The van der Waals surface area contributed by atoms with E-state index in [1.807, 2.05) is 12.1 Å². The number of rotatable bonds is 9. The molecule has 3 aromatic rings. The van der Waals surface area contributed by atoms with E-state index in [1.165, 1.54) is 17.0 Å². The number of nitrogen functional groups attached to an aromatic ring is 1. The molecule has 1 aliphatic rings. The molecule has 0 aliphatic carbocycles. The second kappa shape index (κ2) is 11.6. The summed E-state index contributed by atoms with van der Waals surface area (Å²) in [6.07, 6.45) is 0.771. The lowest BCUT2D eigenvalue weighted by atomic mass is 10.0. The number of primary amides is 1. The first-order valence-electron chi connectivity index (χ1n) is 12.4. The molecule has 40 heavy (non-hydrogen) atoms. The van der Waals surface area contributed by atoms with Crippen LogP contribution in [0, 0.1) is 5.41 Å². The molecule has 0 saturated carbocycles. The van der Waals surface area contributed by atoms with Crippen LogP contribution in [0.5, 0.6) is 5.75 Å². The highest BCUT2D eigenvalue weighted by molar-refractivity contribution is 7.93. The fraction of sp³-hybridized carbons (Fsp3) is 0.259. The maximum atomic E-state index is 13.1. The maximum absolute atomic E-state index is 13.1. The summed E-state index contributed by atoms with van der Waals surface area (Å²) in [5, 5.41) is 18.5. The molecule has 12 nitrogen and oxygen atoms in total. The minimum Gasteiger partial charge on any atom is -0.490 e. The number of aliphatic carboxylic acids is 1. The van der Waals surface area contributed by atoms with E-state index >= 15 is 0 Å². The Labute approximate surface area is 230 Å². The number of hydrogen-bond acceptors (Lipinski definition) is 7. The van der Waals surface area contributed by atoms with E-state index in [-0.39, 0.29) is 24.2 Å². The highest BCUT2D eigenvalue weighted by Gasteiger charge is 2.28. The smallest absolute Gasteiger partial charge is 0.320 e. The summed E-state index contributed by atoms with van der Waals surface area (Å²) in [5.41, 5.74) is 12.1. The highest BCUT2D eigenvalue weighted by atomic mass is 32.2. The molecule has 0 bridgehead atoms. The van der Waals surface area contributed by atoms with Crippen molar-refractivity contribution in [3.05, 3.63) is 71.8 Å². The number of hydrogen-bond donors (Lipinski definition) is 4. The molecule has 0 aromatic heterocycles. The van der Waals surface area contributed by atoms with Gasteiger partial charge in [0.25, 0.3) is 0 Å². The van der Waals surface area contributed by atoms with E-state index in [9.17, 15) is 27.9 Å². The fourth-order valence-corrected chi connectivity index (χ4v) is 5.78. The van der Waals surface area contributed by atoms with E-state index in [1.54, 1.807) is 36.4 Å². The van der Waals surface area contributed by atoms with Crippen LogP contribution in [-0.4, -0.2) is 67.0 Å². The Kier molecular flexibility index (Phi) is 8.24. The van der Waals surface area contributed by atoms with Crippen molar-refractivity contribution in [2.24, 2.45) is 11.5 Å². The Balaban J connectivity index is 1.54. The van der Waals surface area contributed by atoms with Gasteiger partial charge in [0.05, 0.1) is 12.2 Å². The monoisotopic (exact) mass is 567 g/mol. The molecule has 1 fully saturated rings. The van der Waals surface area contributed by atoms with Crippen molar-refractivity contribution in [3.63, 3.8) is 0 Å². The third-order valence-corrected chi connectivity index (χ3v) is 8.17. The number of nitrogens with one attached hydrogen (secondary N) is 1. The molecule has 1 saturated heterocycles. The van der Waals surface area contributed by atoms with Crippen LogP contribution >= 0.6 is 0 Å². The molecule has 1 aliphatic heterocycles. The maximum Gasteiger partial charge on any atom is 0.320 e. The lowest BCUT2D eigenvalue weighted by Crippen LogP contribution is -2.46. The number of sulfonamides is 1. The summed E-state index contributed by atoms with van der Waals surface area (Å²) < 4.78 is 33.2. The summed E-state index contributed by atoms with van der Waals surface area (Å²) >= 11 is 0. The number of benzene rings is 3. The van der Waals surface area contributed by atoms with Gasteiger partial charge in [0.15, 0.2) is 5.75 Å². The highest BCUT2D eigenvalue weighted by Crippen LogP contribution is 2.27. The fourth-order valence-electron chi connectivity index (χ4n) is 4.53. The second-order valence-electron chi connectivity index (χ2n) is 9.43. The largest absolute Gasteiger partial charge is 0.490 e. The number of likely N-dealkylation sites (tertiary alicyclic amines) is 1. The van der Waals surface area contributed by atoms with Crippen LogP contribution in [0.25, 0.3) is 10.8 Å². The molecule has 0 unspecified atom stereocenters. The van der Waals surface area contributed by atoms with Crippen molar-refractivity contribution >= 4 is 50.1 Å². The lowest BCUT2D eigenvalue weighted by molar-refractivity contribution is -0.145. The zero-order chi connectivity index (χ0) is 29.0. The summed E-state index contributed by atoms with van der Waals surface area (Å²) in [6.45, 7) is 0.527. The van der Waals surface area contributed by atoms with Crippen LogP contribution in [-0.2, 0) is 31.0 Å². The molecule has 13 heteroatoms. The molecular formula is C27H29N5O7S. The molecule has 4 rings (SSSR count). The number of amides is 2. The number of carbonyl (C=O) groups is 3. The van der Waals surface area contributed by atoms with E-state index in [0.29, 0.717) is 42.8 Å². The van der Waals surface area contributed by atoms with Gasteiger partial charge in [0, 0.05) is 31.5 Å². The van der Waals surface area contributed by atoms with Crippen LogP contribution < -0.4 is 20.5 Å². The van der Waals surface area contributed by atoms with Crippen molar-refractivity contribution in [3.8, 4) is 5.75 Å². The SMILES string of the molecule is N=C(N)c1ccc2ccc(CN(c3ccc(OC4CCN(C(=O)C(N)=O)CC4)cc3)S(=O)(=O)CC(=O)O)cc2c1. The zero-order valence-electron chi connectivity index (χ0n) is 21.4. The number of carboxylic acid groups (broad SMARTS) is 1. The standard InChI is InChI=1S/C27H29N5O7S/c28-25(29)19-4-3-18-2-1-17(13-20(18)14-19)15-32(40(37,38)16-24(33)34)21-5-7-22(8-6-21)39-23-9-11-31(12-10-23)27(36)26(30)35/h1-8,13-14,23H,9-12,15-16H2,(H3,28,29)(H2,30,35)(H,33,34). The van der Waals surface area contributed by atoms with E-state index < -0.39 is 33.6 Å². The third kappa shape index (κ3) is 6.67. The van der Waals surface area contributed by atoms with Crippen LogP contribution in [0.2, 0.25) is 0 Å². The number of amidine groups is 1. The molecule has 0 radical (unpaired) electrons.